The molecule has 0 amide bonds. The number of aromatic nitrogens is 1. The lowest BCUT2D eigenvalue weighted by Crippen LogP contribution is -2.01. The molecule has 0 N–H and O–H groups in total. The lowest BCUT2D eigenvalue weighted by Gasteiger charge is -2.05. The van der Waals surface area contributed by atoms with Gasteiger partial charge in [-0.2, -0.15) is 0 Å². The van der Waals surface area contributed by atoms with E-state index in [0.29, 0.717) is 0 Å². The summed E-state index contributed by atoms with van der Waals surface area (Å²) in [5.41, 5.74) is 3.67. The highest BCUT2D eigenvalue weighted by Gasteiger charge is 2.17. The van der Waals surface area contributed by atoms with Crippen molar-refractivity contribution in [2.24, 2.45) is 0 Å². The smallest absolute Gasteiger partial charge is 0.0420 e. The molecule has 2 rings (SSSR count). The van der Waals surface area contributed by atoms with Gasteiger partial charge in [-0.3, -0.25) is 9.88 Å². The van der Waals surface area contributed by atoms with Gasteiger partial charge in [0.05, 0.1) is 0 Å². The first-order valence-electron chi connectivity index (χ1n) is 4.41. The maximum atomic E-state index is 4.43. The lowest BCUT2D eigenvalue weighted by molar-refractivity contribution is 0.552. The Bertz CT molecular complexity index is 290. The second-order valence-corrected chi connectivity index (χ2v) is 3.47. The van der Waals surface area contributed by atoms with Crippen molar-refractivity contribution in [3.05, 3.63) is 29.1 Å². The quantitative estimate of drug-likeness (QED) is 0.613. The van der Waals surface area contributed by atoms with Crippen LogP contribution in [0.2, 0.25) is 0 Å². The molecule has 1 aromatic heterocycles. The van der Waals surface area contributed by atoms with Gasteiger partial charge in [0.2, 0.25) is 0 Å². The maximum Gasteiger partial charge on any atom is 0.0420 e. The van der Waals surface area contributed by atoms with Gasteiger partial charge in [0.25, 0.3) is 0 Å². The first-order valence-corrected chi connectivity index (χ1v) is 4.41. The first kappa shape index (κ1) is 7.74. The largest absolute Gasteiger partial charge is 0.296 e. The van der Waals surface area contributed by atoms with E-state index in [1.165, 1.54) is 24.3 Å². The molecule has 1 fully saturated rings. The molecule has 1 aromatic rings. The summed E-state index contributed by atoms with van der Waals surface area (Å²) in [4.78, 5) is 6.83. The molecule has 1 aliphatic rings. The van der Waals surface area contributed by atoms with Crippen molar-refractivity contribution in [2.75, 3.05) is 13.1 Å². The molecule has 0 aromatic carbocycles. The molecule has 12 heavy (non-hydrogen) atoms. The fourth-order valence-corrected chi connectivity index (χ4v) is 1.35. The Morgan fingerprint density at radius 1 is 1.33 bits per heavy atom. The summed E-state index contributed by atoms with van der Waals surface area (Å²) < 4.78 is 0. The zero-order valence-electron chi connectivity index (χ0n) is 7.67. The molecule has 2 heteroatoms. The lowest BCUT2D eigenvalue weighted by atomic mass is 10.2. The fourth-order valence-electron chi connectivity index (χ4n) is 1.35. The molecule has 1 aliphatic heterocycles. The van der Waals surface area contributed by atoms with Crippen LogP contribution in [0, 0.1) is 13.8 Å². The molecule has 0 atom stereocenters. The zero-order chi connectivity index (χ0) is 8.55. The van der Waals surface area contributed by atoms with Crippen molar-refractivity contribution in [3.63, 3.8) is 0 Å². The summed E-state index contributed by atoms with van der Waals surface area (Å²) in [7, 11) is 0. The Morgan fingerprint density at radius 3 is 2.67 bits per heavy atom. The minimum absolute atomic E-state index is 1.08. The highest BCUT2D eigenvalue weighted by Crippen LogP contribution is 2.14. The Morgan fingerprint density at radius 2 is 2.08 bits per heavy atom. The van der Waals surface area contributed by atoms with Gasteiger partial charge in [-0.1, -0.05) is 6.07 Å². The Labute approximate surface area is 73.2 Å². The van der Waals surface area contributed by atoms with Gasteiger partial charge in [0.15, 0.2) is 0 Å². The van der Waals surface area contributed by atoms with E-state index >= 15 is 0 Å². The third kappa shape index (κ3) is 1.64. The summed E-state index contributed by atoms with van der Waals surface area (Å²) in [6.45, 7) is 7.72. The predicted octanol–water partition coefficient (Wildman–Crippen LogP) is 1.51. The van der Waals surface area contributed by atoms with E-state index in [1.54, 1.807) is 0 Å². The normalized spacial score (nSPS) is 16.5. The van der Waals surface area contributed by atoms with E-state index in [2.05, 4.69) is 28.9 Å². The molecule has 0 radical (unpaired) electrons. The standard InChI is InChI=1S/C10H14N2/c1-8-3-4-10(9(2)11-8)7-12-5-6-12/h3-4H,5-7H2,1-2H3. The third-order valence-electron chi connectivity index (χ3n) is 2.27. The highest BCUT2D eigenvalue weighted by atomic mass is 15.3. The van der Waals surface area contributed by atoms with Gasteiger partial charge in [-0.15, -0.1) is 0 Å². The molecule has 0 spiro atoms. The summed E-state index contributed by atoms with van der Waals surface area (Å²) in [5.74, 6) is 0. The molecule has 0 bridgehead atoms. The minimum atomic E-state index is 1.08. The van der Waals surface area contributed by atoms with Crippen molar-refractivity contribution in [2.45, 2.75) is 20.4 Å². The van der Waals surface area contributed by atoms with E-state index in [-0.39, 0.29) is 0 Å². The minimum Gasteiger partial charge on any atom is -0.296 e. The molecule has 2 nitrogen and oxygen atoms in total. The van der Waals surface area contributed by atoms with Crippen LogP contribution in [0.25, 0.3) is 0 Å². The van der Waals surface area contributed by atoms with Crippen LogP contribution in [0.5, 0.6) is 0 Å². The van der Waals surface area contributed by atoms with Crippen LogP contribution >= 0.6 is 0 Å². The molecule has 0 aliphatic carbocycles. The van der Waals surface area contributed by atoms with Gasteiger partial charge in [-0.25, -0.2) is 0 Å². The van der Waals surface area contributed by atoms with E-state index < -0.39 is 0 Å². The van der Waals surface area contributed by atoms with Crippen LogP contribution in [0.1, 0.15) is 17.0 Å². The first-order chi connectivity index (χ1) is 5.75. The van der Waals surface area contributed by atoms with Crippen molar-refractivity contribution in [1.82, 2.24) is 9.88 Å². The number of nitrogens with zero attached hydrogens (tertiary/aromatic N) is 2. The Hall–Kier alpha value is -0.890. The zero-order valence-corrected chi connectivity index (χ0v) is 7.67. The van der Waals surface area contributed by atoms with E-state index in [0.717, 1.165) is 12.2 Å². The third-order valence-corrected chi connectivity index (χ3v) is 2.27. The van der Waals surface area contributed by atoms with Crippen molar-refractivity contribution < 1.29 is 0 Å². The van der Waals surface area contributed by atoms with Crippen LogP contribution in [0.3, 0.4) is 0 Å². The Kier molecular flexibility index (Phi) is 1.85. The van der Waals surface area contributed by atoms with Crippen molar-refractivity contribution in [3.8, 4) is 0 Å². The van der Waals surface area contributed by atoms with Gasteiger partial charge >= 0.3 is 0 Å². The summed E-state index contributed by atoms with van der Waals surface area (Å²) >= 11 is 0. The van der Waals surface area contributed by atoms with Crippen molar-refractivity contribution in [1.29, 1.82) is 0 Å². The fraction of sp³-hybridized carbons (Fsp3) is 0.500. The SMILES string of the molecule is Cc1ccc(CN2CC2)c(C)n1. The monoisotopic (exact) mass is 162 g/mol. The molecule has 0 unspecified atom stereocenters. The van der Waals surface area contributed by atoms with Gasteiger partial charge in [0.1, 0.15) is 0 Å². The summed E-state index contributed by atoms with van der Waals surface area (Å²) in [5, 5.41) is 0. The molecule has 1 saturated heterocycles. The summed E-state index contributed by atoms with van der Waals surface area (Å²) in [6, 6.07) is 4.28. The van der Waals surface area contributed by atoms with E-state index in [4.69, 9.17) is 0 Å². The molecule has 2 heterocycles. The Balaban J connectivity index is 2.18. The van der Waals surface area contributed by atoms with Crippen LogP contribution < -0.4 is 0 Å². The number of hydrogen-bond acceptors (Lipinski definition) is 2. The number of aryl methyl sites for hydroxylation is 2. The average molecular weight is 162 g/mol. The highest BCUT2D eigenvalue weighted by molar-refractivity contribution is 5.21. The van der Waals surface area contributed by atoms with Gasteiger partial charge < -0.3 is 0 Å². The van der Waals surface area contributed by atoms with E-state index in [1.807, 2.05) is 6.92 Å². The van der Waals surface area contributed by atoms with Crippen LogP contribution in [-0.4, -0.2) is 23.0 Å². The second kappa shape index (κ2) is 2.87. The van der Waals surface area contributed by atoms with Crippen molar-refractivity contribution >= 4 is 0 Å². The number of pyridine rings is 1. The van der Waals surface area contributed by atoms with Crippen LogP contribution in [0.15, 0.2) is 12.1 Å². The van der Waals surface area contributed by atoms with Gasteiger partial charge in [-0.05, 0) is 25.5 Å². The predicted molar refractivity (Wildman–Crippen MR) is 49.0 cm³/mol. The average Bonchev–Trinajstić information content (AvgIpc) is 2.79. The summed E-state index contributed by atoms with van der Waals surface area (Å²) in [6.07, 6.45) is 0. The molecular formula is C10H14N2. The van der Waals surface area contributed by atoms with E-state index in [9.17, 15) is 0 Å². The topological polar surface area (TPSA) is 15.9 Å². The maximum absolute atomic E-state index is 4.43. The number of hydrogen-bond donors (Lipinski definition) is 0. The second-order valence-electron chi connectivity index (χ2n) is 3.47. The van der Waals surface area contributed by atoms with Crippen LogP contribution in [0.4, 0.5) is 0 Å². The molecule has 0 saturated carbocycles. The molecular weight excluding hydrogens is 148 g/mol. The van der Waals surface area contributed by atoms with Gasteiger partial charge in [0, 0.05) is 31.0 Å². The molecule has 64 valence electrons. The number of rotatable bonds is 2. The van der Waals surface area contributed by atoms with Crippen LogP contribution in [-0.2, 0) is 6.54 Å².